The van der Waals surface area contributed by atoms with E-state index < -0.39 is 51.9 Å². The van der Waals surface area contributed by atoms with Crippen molar-refractivity contribution in [2.45, 2.75) is 32.0 Å². The van der Waals surface area contributed by atoms with E-state index in [0.717, 1.165) is 12.1 Å². The molecule has 1 aliphatic rings. The second-order valence-electron chi connectivity index (χ2n) is 8.13. The van der Waals surface area contributed by atoms with Crippen LogP contribution in [0, 0.1) is 16.0 Å². The summed E-state index contributed by atoms with van der Waals surface area (Å²) in [7, 11) is 0. The van der Waals surface area contributed by atoms with Crippen LogP contribution in [0.4, 0.5) is 24.5 Å². The molecule has 36 heavy (non-hydrogen) atoms. The first-order valence-electron chi connectivity index (χ1n) is 10.8. The third-order valence-corrected chi connectivity index (χ3v) is 5.90. The molecule has 2 amide bonds. The number of likely N-dealkylation sites (tertiary alicyclic amines) is 1. The summed E-state index contributed by atoms with van der Waals surface area (Å²) in [6.45, 7) is 1.75. The minimum absolute atomic E-state index is 0.213. The molecule has 0 radical (unpaired) electrons. The normalized spacial score (nSPS) is 15.2. The third kappa shape index (κ3) is 6.51. The van der Waals surface area contributed by atoms with Crippen molar-refractivity contribution >= 4 is 40.8 Å². The number of ether oxygens (including phenoxy) is 1. The molecule has 13 heteroatoms. The number of nitrogens with one attached hydrogen (secondary N) is 1. The maximum absolute atomic E-state index is 13.3. The summed E-state index contributed by atoms with van der Waals surface area (Å²) in [6, 6.07) is 8.28. The van der Waals surface area contributed by atoms with Crippen LogP contribution in [0.15, 0.2) is 42.5 Å². The topological polar surface area (TPSA) is 119 Å². The molecular weight excluding hydrogens is 507 g/mol. The van der Waals surface area contributed by atoms with Gasteiger partial charge in [0.25, 0.3) is 17.5 Å². The Balaban J connectivity index is 1.57. The highest BCUT2D eigenvalue weighted by atomic mass is 35.5. The molecule has 1 atom stereocenters. The zero-order valence-electron chi connectivity index (χ0n) is 18.9. The average Bonchev–Trinajstić information content (AvgIpc) is 2.83. The van der Waals surface area contributed by atoms with Crippen LogP contribution < -0.4 is 5.32 Å². The average molecular weight is 528 g/mol. The summed E-state index contributed by atoms with van der Waals surface area (Å²) >= 11 is 5.83. The van der Waals surface area contributed by atoms with Crippen LogP contribution in [0.1, 0.15) is 35.7 Å². The number of rotatable bonds is 6. The lowest BCUT2D eigenvalue weighted by Gasteiger charge is -2.31. The van der Waals surface area contributed by atoms with Crippen LogP contribution in [0.25, 0.3) is 0 Å². The van der Waals surface area contributed by atoms with E-state index in [-0.39, 0.29) is 31.8 Å². The summed E-state index contributed by atoms with van der Waals surface area (Å²) in [5.74, 6) is -2.55. The number of nitrogens with zero attached hydrogens (tertiary/aromatic N) is 2. The van der Waals surface area contributed by atoms with Gasteiger partial charge in [-0.05, 0) is 50.1 Å². The number of alkyl halides is 3. The van der Waals surface area contributed by atoms with Gasteiger partial charge in [0, 0.05) is 35.8 Å². The van der Waals surface area contributed by atoms with Crippen molar-refractivity contribution < 1.29 is 37.2 Å². The van der Waals surface area contributed by atoms with E-state index in [0.29, 0.717) is 16.7 Å². The molecule has 0 spiro atoms. The molecule has 1 fully saturated rings. The Morgan fingerprint density at radius 1 is 1.14 bits per heavy atom. The van der Waals surface area contributed by atoms with E-state index in [2.05, 4.69) is 0 Å². The monoisotopic (exact) mass is 527 g/mol. The molecule has 2 aromatic carbocycles. The predicted octanol–water partition coefficient (Wildman–Crippen LogP) is 4.69. The van der Waals surface area contributed by atoms with Crippen molar-refractivity contribution in [1.29, 1.82) is 0 Å². The molecule has 192 valence electrons. The number of hydrogen-bond acceptors (Lipinski definition) is 6. The third-order valence-electron chi connectivity index (χ3n) is 5.65. The van der Waals surface area contributed by atoms with Gasteiger partial charge < -0.3 is 15.0 Å². The smallest absolute Gasteiger partial charge is 0.418 e. The molecule has 3 rings (SSSR count). The molecular formula is C23H21ClF3N3O6. The minimum atomic E-state index is -4.97. The zero-order valence-corrected chi connectivity index (χ0v) is 19.6. The van der Waals surface area contributed by atoms with Gasteiger partial charge in [-0.1, -0.05) is 11.6 Å². The van der Waals surface area contributed by atoms with Crippen LogP contribution in [0.2, 0.25) is 5.02 Å². The Morgan fingerprint density at radius 2 is 1.75 bits per heavy atom. The largest absolute Gasteiger partial charge is 0.452 e. The zero-order chi connectivity index (χ0) is 26.6. The van der Waals surface area contributed by atoms with Crippen LogP contribution in [0.3, 0.4) is 0 Å². The number of carbonyl (C=O) groups excluding carboxylic acids is 3. The van der Waals surface area contributed by atoms with Gasteiger partial charge >= 0.3 is 12.1 Å². The van der Waals surface area contributed by atoms with Crippen LogP contribution in [-0.2, 0) is 20.5 Å². The quantitative estimate of drug-likeness (QED) is 0.331. The number of piperidine rings is 1. The number of hydrogen-bond donors (Lipinski definition) is 1. The Kier molecular flexibility index (Phi) is 8.18. The predicted molar refractivity (Wildman–Crippen MR) is 122 cm³/mol. The number of benzene rings is 2. The van der Waals surface area contributed by atoms with E-state index in [4.69, 9.17) is 16.3 Å². The van der Waals surface area contributed by atoms with Crippen molar-refractivity contribution in [3.8, 4) is 0 Å². The maximum atomic E-state index is 13.3. The molecule has 2 aromatic rings. The van der Waals surface area contributed by atoms with Gasteiger partial charge in [0.15, 0.2) is 6.10 Å². The number of carbonyl (C=O) groups is 3. The Hall–Kier alpha value is -3.67. The van der Waals surface area contributed by atoms with E-state index >= 15 is 0 Å². The lowest BCUT2D eigenvalue weighted by molar-refractivity contribution is -0.385. The molecule has 0 aromatic heterocycles. The standard InChI is InChI=1S/C23H21ClF3N3O6/c1-13(20(31)28-19-7-6-17(30(34)35)12-18(19)23(25,26)27)36-22(33)15-8-10-29(11-9-15)21(32)14-2-4-16(24)5-3-14/h2-7,12-13,15H,8-11H2,1H3,(H,28,31)/t13-/m1/s1. The van der Waals surface area contributed by atoms with Gasteiger partial charge in [-0.25, -0.2) is 0 Å². The van der Waals surface area contributed by atoms with Gasteiger partial charge in [0.1, 0.15) is 0 Å². The maximum Gasteiger partial charge on any atom is 0.418 e. The van der Waals surface area contributed by atoms with Gasteiger partial charge in [0.05, 0.1) is 22.1 Å². The fourth-order valence-electron chi connectivity index (χ4n) is 3.64. The summed E-state index contributed by atoms with van der Waals surface area (Å²) in [4.78, 5) is 48.9. The molecule has 1 aliphatic heterocycles. The first kappa shape index (κ1) is 26.9. The molecule has 0 bridgehead atoms. The number of anilines is 1. The van der Waals surface area contributed by atoms with Gasteiger partial charge in [0.2, 0.25) is 0 Å². The number of esters is 1. The van der Waals surface area contributed by atoms with Crippen molar-refractivity contribution in [1.82, 2.24) is 4.90 Å². The number of amides is 2. The molecule has 0 unspecified atom stereocenters. The molecule has 9 nitrogen and oxygen atoms in total. The molecule has 1 heterocycles. The fraction of sp³-hybridized carbons (Fsp3) is 0.348. The number of halogens is 4. The van der Waals surface area contributed by atoms with Gasteiger partial charge in [-0.2, -0.15) is 13.2 Å². The summed E-state index contributed by atoms with van der Waals surface area (Å²) in [5.41, 5.74) is -2.44. The molecule has 0 saturated carbocycles. The minimum Gasteiger partial charge on any atom is -0.452 e. The van der Waals surface area contributed by atoms with Gasteiger partial charge in [-0.3, -0.25) is 24.5 Å². The summed E-state index contributed by atoms with van der Waals surface area (Å²) in [6.07, 6.45) is -5.82. The van der Waals surface area contributed by atoms with Crippen LogP contribution >= 0.6 is 11.6 Å². The molecule has 1 N–H and O–H groups in total. The highest BCUT2D eigenvalue weighted by molar-refractivity contribution is 6.30. The fourth-order valence-corrected chi connectivity index (χ4v) is 3.77. The lowest BCUT2D eigenvalue weighted by atomic mass is 9.96. The lowest BCUT2D eigenvalue weighted by Crippen LogP contribution is -2.41. The van der Waals surface area contributed by atoms with Crippen LogP contribution in [0.5, 0.6) is 0 Å². The van der Waals surface area contributed by atoms with Crippen molar-refractivity contribution in [2.24, 2.45) is 5.92 Å². The second kappa shape index (κ2) is 10.9. The van der Waals surface area contributed by atoms with E-state index in [1.165, 1.54) is 6.92 Å². The number of nitro groups is 1. The highest BCUT2D eigenvalue weighted by Gasteiger charge is 2.36. The van der Waals surface area contributed by atoms with E-state index in [1.54, 1.807) is 29.2 Å². The Labute approximate surface area is 208 Å². The SMILES string of the molecule is C[C@@H](OC(=O)C1CCN(C(=O)c2ccc(Cl)cc2)CC1)C(=O)Nc1ccc([N+](=O)[O-])cc1C(F)(F)F. The van der Waals surface area contributed by atoms with E-state index in [1.807, 2.05) is 5.32 Å². The van der Waals surface area contributed by atoms with Gasteiger partial charge in [-0.15, -0.1) is 0 Å². The van der Waals surface area contributed by atoms with Crippen molar-refractivity contribution in [2.75, 3.05) is 18.4 Å². The van der Waals surface area contributed by atoms with Crippen molar-refractivity contribution in [3.63, 3.8) is 0 Å². The van der Waals surface area contributed by atoms with Crippen LogP contribution in [-0.4, -0.2) is 46.8 Å². The summed E-state index contributed by atoms with van der Waals surface area (Å²) in [5, 5.41) is 13.3. The first-order chi connectivity index (χ1) is 16.9. The summed E-state index contributed by atoms with van der Waals surface area (Å²) < 4.78 is 45.1. The number of non-ortho nitro benzene ring substituents is 1. The molecule has 0 aliphatic carbocycles. The Morgan fingerprint density at radius 3 is 2.31 bits per heavy atom. The number of nitro benzene ring substituents is 1. The van der Waals surface area contributed by atoms with Crippen molar-refractivity contribution in [3.05, 3.63) is 68.7 Å². The highest BCUT2D eigenvalue weighted by Crippen LogP contribution is 2.37. The second-order valence-corrected chi connectivity index (χ2v) is 8.56. The first-order valence-corrected chi connectivity index (χ1v) is 11.2. The molecule has 1 saturated heterocycles. The Bertz CT molecular complexity index is 1160. The van der Waals surface area contributed by atoms with E-state index in [9.17, 15) is 37.7 Å².